The molecule has 0 bridgehead atoms. The first-order chi connectivity index (χ1) is 4.50. The van der Waals surface area contributed by atoms with E-state index in [4.69, 9.17) is 4.74 Å². The average Bonchev–Trinajstić information content (AvgIpc) is 2.00. The molecule has 0 unspecified atom stereocenters. The van der Waals surface area contributed by atoms with Gasteiger partial charge in [0.25, 0.3) is 0 Å². The van der Waals surface area contributed by atoms with E-state index in [1.54, 1.807) is 0 Å². The van der Waals surface area contributed by atoms with Gasteiger partial charge in [-0.25, -0.2) is 0 Å². The third-order valence-electron chi connectivity index (χ3n) is 1.41. The molecule has 0 atom stereocenters. The van der Waals surface area contributed by atoms with Gasteiger partial charge in [0.1, 0.15) is 0 Å². The number of hydrogen-bond donors (Lipinski definition) is 1. The van der Waals surface area contributed by atoms with Crippen molar-refractivity contribution in [2.75, 3.05) is 26.3 Å². The van der Waals surface area contributed by atoms with Gasteiger partial charge in [-0.3, -0.25) is 0 Å². The van der Waals surface area contributed by atoms with Crippen LogP contribution in [0, 0.1) is 6.42 Å². The lowest BCUT2D eigenvalue weighted by Crippen LogP contribution is -2.19. The molecule has 0 aromatic heterocycles. The minimum atomic E-state index is 0.869. The van der Waals surface area contributed by atoms with Gasteiger partial charge in [0.05, 0.1) is 6.61 Å². The fraction of sp³-hybridized carbons (Fsp3) is 0.857. The molecule has 1 rings (SSSR count). The summed E-state index contributed by atoms with van der Waals surface area (Å²) in [5, 5.41) is 3.27. The summed E-state index contributed by atoms with van der Waals surface area (Å²) in [4.78, 5) is 0. The molecule has 9 heavy (non-hydrogen) atoms. The van der Waals surface area contributed by atoms with Crippen molar-refractivity contribution in [1.29, 1.82) is 0 Å². The van der Waals surface area contributed by atoms with Crippen LogP contribution < -0.4 is 5.32 Å². The van der Waals surface area contributed by atoms with Gasteiger partial charge in [-0.1, -0.05) is 0 Å². The van der Waals surface area contributed by atoms with Gasteiger partial charge in [0, 0.05) is 13.2 Å². The summed E-state index contributed by atoms with van der Waals surface area (Å²) in [7, 11) is 0. The third-order valence-corrected chi connectivity index (χ3v) is 1.41. The predicted octanol–water partition coefficient (Wildman–Crippen LogP) is 0.591. The first-order valence-electron chi connectivity index (χ1n) is 3.60. The van der Waals surface area contributed by atoms with Crippen molar-refractivity contribution in [1.82, 2.24) is 5.32 Å². The molecule has 1 heterocycles. The van der Waals surface area contributed by atoms with Crippen molar-refractivity contribution in [3.63, 3.8) is 0 Å². The Labute approximate surface area is 56.6 Å². The molecule has 1 fully saturated rings. The molecule has 0 saturated carbocycles. The second kappa shape index (κ2) is 4.77. The van der Waals surface area contributed by atoms with Crippen LogP contribution in [0.5, 0.6) is 0 Å². The Hall–Kier alpha value is -0.0800. The quantitative estimate of drug-likeness (QED) is 0.515. The van der Waals surface area contributed by atoms with Crippen LogP contribution in [-0.2, 0) is 4.74 Å². The maximum atomic E-state index is 5.26. The predicted molar refractivity (Wildman–Crippen MR) is 37.2 cm³/mol. The molecular formula is C7H14NO. The van der Waals surface area contributed by atoms with E-state index in [2.05, 4.69) is 11.7 Å². The highest BCUT2D eigenvalue weighted by molar-refractivity contribution is 4.66. The number of rotatable bonds is 0. The Bertz CT molecular complexity index is 37.4. The molecule has 0 aromatic carbocycles. The number of ether oxygens (including phenoxy) is 1. The minimum absolute atomic E-state index is 0.869. The van der Waals surface area contributed by atoms with Gasteiger partial charge in [0.2, 0.25) is 0 Å². The molecule has 0 aliphatic carbocycles. The summed E-state index contributed by atoms with van der Waals surface area (Å²) in [6, 6.07) is 0. The topological polar surface area (TPSA) is 21.3 Å². The minimum Gasteiger partial charge on any atom is -0.380 e. The van der Waals surface area contributed by atoms with Crippen molar-refractivity contribution in [3.8, 4) is 0 Å². The Balaban J connectivity index is 2.02. The molecule has 2 heteroatoms. The molecule has 53 valence electrons. The van der Waals surface area contributed by atoms with Gasteiger partial charge in [-0.15, -0.1) is 0 Å². The lowest BCUT2D eigenvalue weighted by atomic mass is 10.2. The van der Waals surface area contributed by atoms with Crippen LogP contribution in [0.3, 0.4) is 0 Å². The maximum absolute atomic E-state index is 5.26. The van der Waals surface area contributed by atoms with Crippen LogP contribution in [0.15, 0.2) is 0 Å². The molecular weight excluding hydrogens is 114 g/mol. The molecule has 0 aromatic rings. The van der Waals surface area contributed by atoms with Crippen molar-refractivity contribution >= 4 is 0 Å². The molecule has 0 amide bonds. The normalized spacial score (nSPS) is 24.0. The Morgan fingerprint density at radius 3 is 3.11 bits per heavy atom. The van der Waals surface area contributed by atoms with Gasteiger partial charge in [0.15, 0.2) is 0 Å². The van der Waals surface area contributed by atoms with E-state index in [9.17, 15) is 0 Å². The summed E-state index contributed by atoms with van der Waals surface area (Å²) in [6.07, 6.45) is 4.57. The SMILES string of the molecule is [CH]1CCNCCOCC1. The van der Waals surface area contributed by atoms with Crippen LogP contribution in [-0.4, -0.2) is 26.3 Å². The number of nitrogens with one attached hydrogen (secondary N) is 1. The summed E-state index contributed by atoms with van der Waals surface area (Å²) < 4.78 is 5.26. The molecule has 1 aliphatic rings. The Morgan fingerprint density at radius 2 is 2.11 bits per heavy atom. The second-order valence-electron chi connectivity index (χ2n) is 2.23. The van der Waals surface area contributed by atoms with E-state index in [0.717, 1.165) is 32.7 Å². The van der Waals surface area contributed by atoms with E-state index in [1.165, 1.54) is 6.42 Å². The van der Waals surface area contributed by atoms with Crippen LogP contribution in [0.2, 0.25) is 0 Å². The summed E-state index contributed by atoms with van der Waals surface area (Å²) >= 11 is 0. The van der Waals surface area contributed by atoms with Crippen LogP contribution in [0.25, 0.3) is 0 Å². The maximum Gasteiger partial charge on any atom is 0.0590 e. The van der Waals surface area contributed by atoms with Gasteiger partial charge >= 0.3 is 0 Å². The van der Waals surface area contributed by atoms with Crippen molar-refractivity contribution in [2.24, 2.45) is 0 Å². The van der Waals surface area contributed by atoms with E-state index >= 15 is 0 Å². The van der Waals surface area contributed by atoms with Crippen molar-refractivity contribution < 1.29 is 4.74 Å². The molecule has 2 nitrogen and oxygen atoms in total. The molecule has 0 spiro atoms. The fourth-order valence-corrected chi connectivity index (χ4v) is 0.887. The highest BCUT2D eigenvalue weighted by Crippen LogP contribution is 1.94. The standard InChI is InChI=1S/C7H14NO/c1-2-4-8-5-7-9-6-3-1/h1,8H,2-7H2. The second-order valence-corrected chi connectivity index (χ2v) is 2.23. The summed E-state index contributed by atoms with van der Waals surface area (Å²) in [6.45, 7) is 3.90. The highest BCUT2D eigenvalue weighted by Gasteiger charge is 1.94. The lowest BCUT2D eigenvalue weighted by molar-refractivity contribution is 0.141. The first-order valence-corrected chi connectivity index (χ1v) is 3.60. The highest BCUT2D eigenvalue weighted by atomic mass is 16.5. The van der Waals surface area contributed by atoms with Gasteiger partial charge in [-0.2, -0.15) is 0 Å². The molecule has 1 N–H and O–H groups in total. The molecule has 1 saturated heterocycles. The van der Waals surface area contributed by atoms with Crippen LogP contribution in [0.1, 0.15) is 12.8 Å². The van der Waals surface area contributed by atoms with E-state index in [1.807, 2.05) is 0 Å². The van der Waals surface area contributed by atoms with Gasteiger partial charge in [-0.05, 0) is 25.8 Å². The first kappa shape index (κ1) is 7.03. The van der Waals surface area contributed by atoms with E-state index < -0.39 is 0 Å². The lowest BCUT2D eigenvalue weighted by Gasteiger charge is -1.99. The Morgan fingerprint density at radius 1 is 1.11 bits per heavy atom. The number of hydrogen-bond acceptors (Lipinski definition) is 2. The molecule has 1 radical (unpaired) electrons. The summed E-state index contributed by atoms with van der Waals surface area (Å²) in [5.74, 6) is 0. The van der Waals surface area contributed by atoms with Crippen LogP contribution >= 0.6 is 0 Å². The van der Waals surface area contributed by atoms with Crippen LogP contribution in [0.4, 0.5) is 0 Å². The third kappa shape index (κ3) is 3.49. The average molecular weight is 128 g/mol. The zero-order valence-electron chi connectivity index (χ0n) is 5.73. The fourth-order valence-electron chi connectivity index (χ4n) is 0.887. The monoisotopic (exact) mass is 128 g/mol. The van der Waals surface area contributed by atoms with E-state index in [0.29, 0.717) is 0 Å². The smallest absolute Gasteiger partial charge is 0.0590 e. The Kier molecular flexibility index (Phi) is 3.72. The zero-order valence-corrected chi connectivity index (χ0v) is 5.73. The largest absolute Gasteiger partial charge is 0.380 e. The van der Waals surface area contributed by atoms with Crippen molar-refractivity contribution in [2.45, 2.75) is 12.8 Å². The zero-order chi connectivity index (χ0) is 6.36. The summed E-state index contributed by atoms with van der Waals surface area (Å²) in [5.41, 5.74) is 0. The van der Waals surface area contributed by atoms with E-state index in [-0.39, 0.29) is 0 Å². The van der Waals surface area contributed by atoms with Gasteiger partial charge < -0.3 is 10.1 Å². The van der Waals surface area contributed by atoms with Crippen molar-refractivity contribution in [3.05, 3.63) is 6.42 Å². The molecule has 1 aliphatic heterocycles.